The second-order valence-corrected chi connectivity index (χ2v) is 21.1. The molecule has 3 N–H and O–H groups in total. The standard InChI is InChI=1S/C60H111N5O4/c1-3-5-7-9-11-13-15-17-19-21-23-25-27-29-31-33-35-37-39-41-43-55-53-57(66)64(59(55)68)51-49-62-47-45-61-46-48-63-50-52-65-58(67)54-56(60(65)69)44-42-40-38-36-34-32-30-28-26-24-22-20-18-16-14-12-10-8-6-4-2/h41-44,55-56,61-63H,3-40,45-54H2,1-2H3. The number of rotatable bonds is 52. The van der Waals surface area contributed by atoms with Crippen LogP contribution in [0.25, 0.3) is 0 Å². The summed E-state index contributed by atoms with van der Waals surface area (Å²) in [4.78, 5) is 53.8. The molecule has 2 aliphatic rings. The summed E-state index contributed by atoms with van der Waals surface area (Å²) in [7, 11) is 0. The van der Waals surface area contributed by atoms with Gasteiger partial charge in [-0.25, -0.2) is 0 Å². The number of amides is 4. The van der Waals surface area contributed by atoms with Crippen LogP contribution in [0.5, 0.6) is 0 Å². The summed E-state index contributed by atoms with van der Waals surface area (Å²) in [5.41, 5.74) is 0. The van der Waals surface area contributed by atoms with Crippen molar-refractivity contribution in [2.75, 3.05) is 52.4 Å². The third-order valence-corrected chi connectivity index (χ3v) is 14.7. The number of hydrogen-bond donors (Lipinski definition) is 3. The Hall–Kier alpha value is -2.36. The molecule has 2 unspecified atom stereocenters. The van der Waals surface area contributed by atoms with E-state index >= 15 is 0 Å². The SMILES string of the molecule is CCCCCCCCCCCCCCCCCCCCC=CC1CC(=O)N(CCNCCNCCNCCN2C(=O)CC(C=CCCCCCCCCCCCCCCCCCCCC)C2=O)C1=O. The van der Waals surface area contributed by atoms with Gasteiger partial charge in [-0.3, -0.25) is 29.0 Å². The van der Waals surface area contributed by atoms with Crippen molar-refractivity contribution in [3.8, 4) is 0 Å². The highest BCUT2D eigenvalue weighted by Crippen LogP contribution is 2.23. The van der Waals surface area contributed by atoms with Gasteiger partial charge in [0.25, 0.3) is 0 Å². The lowest BCUT2D eigenvalue weighted by molar-refractivity contribution is -0.140. The minimum absolute atomic E-state index is 0.0598. The molecule has 2 saturated heterocycles. The van der Waals surface area contributed by atoms with Crippen LogP contribution in [-0.4, -0.2) is 85.8 Å². The molecule has 400 valence electrons. The Kier molecular flexibility index (Phi) is 42.5. The van der Waals surface area contributed by atoms with Crippen LogP contribution in [0.15, 0.2) is 24.3 Å². The van der Waals surface area contributed by atoms with Gasteiger partial charge in [0.05, 0.1) is 11.8 Å². The van der Waals surface area contributed by atoms with E-state index in [1.165, 1.54) is 228 Å². The van der Waals surface area contributed by atoms with E-state index < -0.39 is 0 Å². The average Bonchev–Trinajstić information content (AvgIpc) is 3.78. The molecule has 9 heteroatoms. The summed E-state index contributed by atoms with van der Waals surface area (Å²) >= 11 is 0. The maximum Gasteiger partial charge on any atom is 0.236 e. The molecule has 9 nitrogen and oxygen atoms in total. The zero-order chi connectivity index (χ0) is 49.5. The average molecular weight is 967 g/mol. The molecule has 2 aliphatic heterocycles. The summed E-state index contributed by atoms with van der Waals surface area (Å²) in [6.07, 6.45) is 60.3. The Balaban J connectivity index is 1.33. The molecule has 0 radical (unpaired) electrons. The molecular weight excluding hydrogens is 855 g/mol. The lowest BCUT2D eigenvalue weighted by Crippen LogP contribution is -2.40. The molecule has 2 rings (SSSR count). The topological polar surface area (TPSA) is 111 Å². The van der Waals surface area contributed by atoms with Gasteiger partial charge in [0.2, 0.25) is 23.6 Å². The van der Waals surface area contributed by atoms with Crippen molar-refractivity contribution in [1.29, 1.82) is 0 Å². The number of nitrogens with zero attached hydrogens (tertiary/aromatic N) is 2. The first-order valence-corrected chi connectivity index (χ1v) is 30.1. The van der Waals surface area contributed by atoms with Crippen molar-refractivity contribution in [1.82, 2.24) is 25.8 Å². The number of likely N-dealkylation sites (tertiary alicyclic amines) is 2. The number of unbranched alkanes of at least 4 members (excludes halogenated alkanes) is 36. The largest absolute Gasteiger partial charge is 0.314 e. The molecule has 0 bridgehead atoms. The molecular formula is C60H111N5O4. The number of carbonyl (C=O) groups excluding carboxylic acids is 4. The Labute approximate surface area is 426 Å². The van der Waals surface area contributed by atoms with Crippen LogP contribution >= 0.6 is 0 Å². The molecule has 2 heterocycles. The monoisotopic (exact) mass is 966 g/mol. The van der Waals surface area contributed by atoms with E-state index in [-0.39, 0.29) is 35.5 Å². The Morgan fingerprint density at radius 1 is 0.348 bits per heavy atom. The summed E-state index contributed by atoms with van der Waals surface area (Å²) in [5, 5.41) is 10.1. The van der Waals surface area contributed by atoms with Crippen molar-refractivity contribution in [2.45, 2.75) is 271 Å². The van der Waals surface area contributed by atoms with Crippen LogP contribution < -0.4 is 16.0 Å². The van der Waals surface area contributed by atoms with Gasteiger partial charge in [-0.1, -0.05) is 256 Å². The van der Waals surface area contributed by atoms with Gasteiger partial charge in [-0.15, -0.1) is 0 Å². The molecule has 0 aliphatic carbocycles. The maximum atomic E-state index is 12.9. The second-order valence-electron chi connectivity index (χ2n) is 21.1. The summed E-state index contributed by atoms with van der Waals surface area (Å²) in [6.45, 7) is 9.58. The molecule has 0 aromatic carbocycles. The zero-order valence-corrected chi connectivity index (χ0v) is 45.4. The fraction of sp³-hybridized carbons (Fsp3) is 0.867. The van der Waals surface area contributed by atoms with Crippen molar-refractivity contribution in [3.05, 3.63) is 24.3 Å². The molecule has 4 amide bonds. The molecule has 0 aromatic rings. The minimum atomic E-state index is -0.305. The van der Waals surface area contributed by atoms with Crippen molar-refractivity contribution in [2.24, 2.45) is 11.8 Å². The minimum Gasteiger partial charge on any atom is -0.314 e. The van der Waals surface area contributed by atoms with E-state index in [2.05, 4.69) is 41.9 Å². The fourth-order valence-electron chi connectivity index (χ4n) is 10.1. The van der Waals surface area contributed by atoms with Gasteiger partial charge in [0, 0.05) is 65.2 Å². The maximum absolute atomic E-state index is 12.9. The molecule has 2 atom stereocenters. The van der Waals surface area contributed by atoms with E-state index in [1.807, 2.05) is 12.2 Å². The molecule has 0 aromatic heterocycles. The number of allylic oxidation sites excluding steroid dienone is 2. The first kappa shape index (κ1) is 62.8. The summed E-state index contributed by atoms with van der Waals surface area (Å²) < 4.78 is 0. The van der Waals surface area contributed by atoms with Crippen molar-refractivity contribution in [3.63, 3.8) is 0 Å². The fourth-order valence-corrected chi connectivity index (χ4v) is 10.1. The first-order chi connectivity index (χ1) is 34.0. The molecule has 0 spiro atoms. The van der Waals surface area contributed by atoms with Gasteiger partial charge in [0.15, 0.2) is 0 Å². The van der Waals surface area contributed by atoms with Gasteiger partial charge >= 0.3 is 0 Å². The van der Waals surface area contributed by atoms with E-state index in [0.29, 0.717) is 39.0 Å². The number of carbonyl (C=O) groups is 4. The molecule has 69 heavy (non-hydrogen) atoms. The van der Waals surface area contributed by atoms with Crippen LogP contribution in [0.4, 0.5) is 0 Å². The Bertz CT molecular complexity index is 1210. The van der Waals surface area contributed by atoms with E-state index in [4.69, 9.17) is 0 Å². The van der Waals surface area contributed by atoms with Crippen molar-refractivity contribution < 1.29 is 19.2 Å². The van der Waals surface area contributed by atoms with E-state index in [9.17, 15) is 19.2 Å². The van der Waals surface area contributed by atoms with Crippen molar-refractivity contribution >= 4 is 23.6 Å². The van der Waals surface area contributed by atoms with Crippen LogP contribution in [0.1, 0.15) is 271 Å². The Morgan fingerprint density at radius 2 is 0.580 bits per heavy atom. The third kappa shape index (κ3) is 34.6. The number of nitrogens with one attached hydrogen (secondary N) is 3. The quantitative estimate of drug-likeness (QED) is 0.0316. The normalized spacial score (nSPS) is 16.6. The number of imide groups is 2. The summed E-state index contributed by atoms with van der Waals surface area (Å²) in [6, 6.07) is 0. The second kappa shape index (κ2) is 46.7. The number of hydrogen-bond acceptors (Lipinski definition) is 7. The lowest BCUT2D eigenvalue weighted by atomic mass is 10.0. The highest BCUT2D eigenvalue weighted by molar-refractivity contribution is 6.05. The van der Waals surface area contributed by atoms with E-state index in [0.717, 1.165) is 51.9 Å². The van der Waals surface area contributed by atoms with Gasteiger partial charge in [-0.05, 0) is 25.7 Å². The molecule has 0 saturated carbocycles. The molecule has 2 fully saturated rings. The van der Waals surface area contributed by atoms with Crippen LogP contribution in [0.3, 0.4) is 0 Å². The van der Waals surface area contributed by atoms with Crippen LogP contribution in [-0.2, 0) is 19.2 Å². The van der Waals surface area contributed by atoms with Gasteiger partial charge < -0.3 is 16.0 Å². The smallest absolute Gasteiger partial charge is 0.236 e. The highest BCUT2D eigenvalue weighted by atomic mass is 16.2. The van der Waals surface area contributed by atoms with Crippen LogP contribution in [0.2, 0.25) is 0 Å². The highest BCUT2D eigenvalue weighted by Gasteiger charge is 2.37. The van der Waals surface area contributed by atoms with Gasteiger partial charge in [0.1, 0.15) is 0 Å². The third-order valence-electron chi connectivity index (χ3n) is 14.7. The zero-order valence-electron chi connectivity index (χ0n) is 45.4. The van der Waals surface area contributed by atoms with E-state index in [1.54, 1.807) is 0 Å². The Morgan fingerprint density at radius 3 is 0.841 bits per heavy atom. The first-order valence-electron chi connectivity index (χ1n) is 30.1. The predicted octanol–water partition coefficient (Wildman–Crippen LogP) is 14.5. The lowest BCUT2D eigenvalue weighted by Gasteiger charge is -2.15. The predicted molar refractivity (Wildman–Crippen MR) is 293 cm³/mol. The van der Waals surface area contributed by atoms with Gasteiger partial charge in [-0.2, -0.15) is 0 Å². The summed E-state index contributed by atoms with van der Waals surface area (Å²) in [5.74, 6) is -0.861. The van der Waals surface area contributed by atoms with Crippen LogP contribution in [0, 0.1) is 11.8 Å².